The van der Waals surface area contributed by atoms with Gasteiger partial charge in [-0.1, -0.05) is 12.1 Å². The summed E-state index contributed by atoms with van der Waals surface area (Å²) in [7, 11) is 0. The summed E-state index contributed by atoms with van der Waals surface area (Å²) in [4.78, 5) is 45.9. The molecule has 0 unspecified atom stereocenters. The molecule has 3 aromatic rings. The molecule has 0 atom stereocenters. The quantitative estimate of drug-likeness (QED) is 0.605. The Morgan fingerprint density at radius 3 is 2.63 bits per heavy atom. The number of amides is 1. The number of fused-ring (bicyclic) bond motifs is 1. The maximum Gasteiger partial charge on any atom is 0.258 e. The zero-order chi connectivity index (χ0) is 21.1. The minimum atomic E-state index is -0.130. The fourth-order valence-electron chi connectivity index (χ4n) is 3.60. The molecule has 1 N–H and O–H groups in total. The molecule has 2 aromatic heterocycles. The van der Waals surface area contributed by atoms with Crippen molar-refractivity contribution >= 4 is 33.7 Å². The summed E-state index contributed by atoms with van der Waals surface area (Å²) in [5.41, 5.74) is 1.78. The van der Waals surface area contributed by atoms with E-state index in [1.54, 1.807) is 40.9 Å². The van der Waals surface area contributed by atoms with Crippen molar-refractivity contribution in [3.8, 4) is 0 Å². The number of para-hydroxylation sites is 1. The number of rotatable bonds is 6. The predicted octanol–water partition coefficient (Wildman–Crippen LogP) is 1.71. The number of hydrogen-bond donors (Lipinski definition) is 1. The molecule has 3 heterocycles. The molecule has 0 spiro atoms. The lowest BCUT2D eigenvalue weighted by atomic mass is 10.1. The number of Topliss-reactive ketones (excluding diaryl/α,β-unsaturated/α-hetero) is 1. The number of benzene rings is 1. The summed E-state index contributed by atoms with van der Waals surface area (Å²) in [5.74, 6) is -0.205. The van der Waals surface area contributed by atoms with Gasteiger partial charge in [-0.2, -0.15) is 0 Å². The van der Waals surface area contributed by atoms with Gasteiger partial charge in [0.25, 0.3) is 5.56 Å². The van der Waals surface area contributed by atoms with Crippen molar-refractivity contribution in [2.45, 2.75) is 13.5 Å². The number of carbonyl (C=O) groups is 2. The number of anilines is 1. The Bertz CT molecular complexity index is 1130. The number of piperazine rings is 1. The van der Waals surface area contributed by atoms with E-state index in [9.17, 15) is 14.4 Å². The Hall–Kier alpha value is -2.88. The Labute approximate surface area is 177 Å². The summed E-state index contributed by atoms with van der Waals surface area (Å²) in [5, 5.41) is 4.70. The van der Waals surface area contributed by atoms with Crippen LogP contribution in [0, 0.1) is 0 Å². The molecular weight excluding hydrogens is 402 g/mol. The molecule has 0 bridgehead atoms. The van der Waals surface area contributed by atoms with Gasteiger partial charge in [0.2, 0.25) is 5.91 Å². The maximum atomic E-state index is 12.4. The molecule has 0 radical (unpaired) electrons. The largest absolute Gasteiger partial charge is 0.324 e. The lowest BCUT2D eigenvalue weighted by Crippen LogP contribution is -2.48. The molecule has 8 nitrogen and oxygen atoms in total. The molecule has 1 aliphatic rings. The Kier molecular flexibility index (Phi) is 6.03. The van der Waals surface area contributed by atoms with Gasteiger partial charge < -0.3 is 5.32 Å². The van der Waals surface area contributed by atoms with Gasteiger partial charge in [0.05, 0.1) is 17.9 Å². The minimum absolute atomic E-state index is 0.0580. The first-order chi connectivity index (χ1) is 14.5. The van der Waals surface area contributed by atoms with Crippen LogP contribution < -0.4 is 10.9 Å². The van der Waals surface area contributed by atoms with Gasteiger partial charge in [-0.15, -0.1) is 11.3 Å². The maximum absolute atomic E-state index is 12.4. The summed E-state index contributed by atoms with van der Waals surface area (Å²) < 4.78 is 1.55. The van der Waals surface area contributed by atoms with Crippen LogP contribution in [0.5, 0.6) is 0 Å². The van der Waals surface area contributed by atoms with Crippen LogP contribution in [-0.2, 0) is 11.3 Å². The van der Waals surface area contributed by atoms with Crippen molar-refractivity contribution in [3.63, 3.8) is 0 Å². The molecule has 1 fully saturated rings. The summed E-state index contributed by atoms with van der Waals surface area (Å²) in [6, 6.07) is 8.63. The second kappa shape index (κ2) is 8.86. The van der Waals surface area contributed by atoms with E-state index in [1.165, 1.54) is 18.3 Å². The van der Waals surface area contributed by atoms with Gasteiger partial charge in [-0.3, -0.25) is 28.6 Å². The normalized spacial score (nSPS) is 15.4. The van der Waals surface area contributed by atoms with Crippen molar-refractivity contribution in [1.29, 1.82) is 0 Å². The Morgan fingerprint density at radius 1 is 1.13 bits per heavy atom. The fraction of sp³-hybridized carbons (Fsp3) is 0.333. The summed E-state index contributed by atoms with van der Waals surface area (Å²) >= 11 is 1.45. The molecule has 1 saturated heterocycles. The lowest BCUT2D eigenvalue weighted by molar-refractivity contribution is -0.117. The first-order valence-corrected chi connectivity index (χ1v) is 10.7. The van der Waals surface area contributed by atoms with Crippen molar-refractivity contribution in [2.24, 2.45) is 0 Å². The highest BCUT2D eigenvalue weighted by molar-refractivity contribution is 7.15. The fourth-order valence-corrected chi connectivity index (χ4v) is 4.33. The van der Waals surface area contributed by atoms with Crippen LogP contribution in [0.2, 0.25) is 0 Å². The van der Waals surface area contributed by atoms with Gasteiger partial charge >= 0.3 is 0 Å². The first kappa shape index (κ1) is 20.4. The first-order valence-electron chi connectivity index (χ1n) is 9.80. The monoisotopic (exact) mass is 425 g/mol. The van der Waals surface area contributed by atoms with Gasteiger partial charge in [0, 0.05) is 55.9 Å². The standard InChI is InChI=1S/C21H23N5O3S/c1-15(27)17-4-2-3-5-18(17)23-19(28)14-25-8-6-24(7-9-25)13-16-12-20(29)26-10-11-30-21(26)22-16/h2-5,10-12H,6-9,13-14H2,1H3,(H,23,28). The van der Waals surface area contributed by atoms with Crippen molar-refractivity contribution < 1.29 is 9.59 Å². The molecule has 30 heavy (non-hydrogen) atoms. The van der Waals surface area contributed by atoms with Crippen LogP contribution in [0.15, 0.2) is 46.7 Å². The number of nitrogens with one attached hydrogen (secondary N) is 1. The third kappa shape index (κ3) is 4.64. The SMILES string of the molecule is CC(=O)c1ccccc1NC(=O)CN1CCN(Cc2cc(=O)n3ccsc3n2)CC1. The molecule has 1 amide bonds. The van der Waals surface area contributed by atoms with Crippen molar-refractivity contribution in [1.82, 2.24) is 19.2 Å². The third-order valence-electron chi connectivity index (χ3n) is 5.15. The topological polar surface area (TPSA) is 87.0 Å². The van der Waals surface area contributed by atoms with E-state index >= 15 is 0 Å². The van der Waals surface area contributed by atoms with Gasteiger partial charge in [0.1, 0.15) is 0 Å². The number of aromatic nitrogens is 2. The number of nitrogens with zero attached hydrogens (tertiary/aromatic N) is 4. The van der Waals surface area contributed by atoms with E-state index in [2.05, 4.69) is 20.1 Å². The summed E-state index contributed by atoms with van der Waals surface area (Å²) in [6.45, 7) is 5.48. The van der Waals surface area contributed by atoms with E-state index in [0.29, 0.717) is 22.8 Å². The van der Waals surface area contributed by atoms with Crippen LogP contribution in [-0.4, -0.2) is 63.6 Å². The molecule has 1 aromatic carbocycles. The molecule has 9 heteroatoms. The van der Waals surface area contributed by atoms with Gasteiger partial charge in [-0.05, 0) is 19.1 Å². The molecule has 0 aliphatic carbocycles. The zero-order valence-corrected chi connectivity index (χ0v) is 17.5. The predicted molar refractivity (Wildman–Crippen MR) is 116 cm³/mol. The molecule has 1 aliphatic heterocycles. The number of carbonyl (C=O) groups excluding carboxylic acids is 2. The molecular formula is C21H23N5O3S. The van der Waals surface area contributed by atoms with Crippen molar-refractivity contribution in [3.05, 3.63) is 63.5 Å². The summed E-state index contributed by atoms with van der Waals surface area (Å²) in [6.07, 6.45) is 1.73. The number of ketones is 1. The third-order valence-corrected chi connectivity index (χ3v) is 5.91. The van der Waals surface area contributed by atoms with Gasteiger partial charge in [0.15, 0.2) is 10.7 Å². The average molecular weight is 426 g/mol. The van der Waals surface area contributed by atoms with Crippen LogP contribution >= 0.6 is 11.3 Å². The molecule has 156 valence electrons. The highest BCUT2D eigenvalue weighted by atomic mass is 32.1. The smallest absolute Gasteiger partial charge is 0.258 e. The molecule has 4 rings (SSSR count). The Balaban J connectivity index is 1.29. The minimum Gasteiger partial charge on any atom is -0.324 e. The van der Waals surface area contributed by atoms with Crippen LogP contribution in [0.4, 0.5) is 5.69 Å². The number of hydrogen-bond acceptors (Lipinski definition) is 7. The van der Waals surface area contributed by atoms with E-state index in [4.69, 9.17) is 0 Å². The average Bonchev–Trinajstić information content (AvgIpc) is 3.19. The van der Waals surface area contributed by atoms with Crippen LogP contribution in [0.25, 0.3) is 4.96 Å². The highest BCUT2D eigenvalue weighted by Gasteiger charge is 2.20. The highest BCUT2D eigenvalue weighted by Crippen LogP contribution is 2.16. The zero-order valence-electron chi connectivity index (χ0n) is 16.7. The van der Waals surface area contributed by atoms with E-state index in [1.807, 2.05) is 5.38 Å². The molecule has 0 saturated carbocycles. The van der Waals surface area contributed by atoms with Crippen LogP contribution in [0.3, 0.4) is 0 Å². The Morgan fingerprint density at radius 2 is 1.87 bits per heavy atom. The van der Waals surface area contributed by atoms with Crippen LogP contribution in [0.1, 0.15) is 23.0 Å². The van der Waals surface area contributed by atoms with E-state index in [-0.39, 0.29) is 23.8 Å². The van der Waals surface area contributed by atoms with Gasteiger partial charge in [-0.25, -0.2) is 4.98 Å². The second-order valence-corrected chi connectivity index (χ2v) is 8.22. The van der Waals surface area contributed by atoms with E-state index in [0.717, 1.165) is 31.9 Å². The number of thiazole rings is 1. The second-order valence-electron chi connectivity index (χ2n) is 7.34. The van der Waals surface area contributed by atoms with E-state index < -0.39 is 0 Å². The van der Waals surface area contributed by atoms with Crippen molar-refractivity contribution in [2.75, 3.05) is 38.0 Å². The lowest BCUT2D eigenvalue weighted by Gasteiger charge is -2.34.